The topological polar surface area (TPSA) is 55.6 Å². The lowest BCUT2D eigenvalue weighted by Gasteiger charge is -2.39. The van der Waals surface area contributed by atoms with Crippen molar-refractivity contribution < 1.29 is 9.53 Å². The monoisotopic (exact) mass is 268 g/mol. The molecular formula is C15H28N2O2. The highest BCUT2D eigenvalue weighted by molar-refractivity contribution is 5.68. The summed E-state index contributed by atoms with van der Waals surface area (Å²) in [4.78, 5) is 13.8. The zero-order chi connectivity index (χ0) is 14.0. The zero-order valence-electron chi connectivity index (χ0n) is 12.5. The number of piperidine rings is 1. The van der Waals surface area contributed by atoms with Gasteiger partial charge in [-0.25, -0.2) is 4.79 Å². The molecule has 1 saturated carbocycles. The van der Waals surface area contributed by atoms with Crippen LogP contribution in [0.15, 0.2) is 0 Å². The summed E-state index contributed by atoms with van der Waals surface area (Å²) in [6.45, 7) is 7.14. The van der Waals surface area contributed by atoms with Crippen molar-refractivity contribution in [2.24, 2.45) is 17.6 Å². The molecule has 0 spiro atoms. The first-order valence-electron chi connectivity index (χ1n) is 7.60. The minimum atomic E-state index is -0.427. The Morgan fingerprint density at radius 2 is 1.84 bits per heavy atom. The van der Waals surface area contributed by atoms with Crippen LogP contribution in [0.25, 0.3) is 0 Å². The van der Waals surface area contributed by atoms with Gasteiger partial charge < -0.3 is 15.4 Å². The molecule has 19 heavy (non-hydrogen) atoms. The van der Waals surface area contributed by atoms with Crippen LogP contribution in [0, 0.1) is 11.8 Å². The second-order valence-corrected chi connectivity index (χ2v) is 7.09. The summed E-state index contributed by atoms with van der Waals surface area (Å²) in [7, 11) is 0. The molecule has 2 unspecified atom stereocenters. The molecule has 0 aromatic rings. The SMILES string of the molecule is CC(C)(C)OC(=O)N1CCC(C2CCCC2)C(N)C1. The van der Waals surface area contributed by atoms with Crippen molar-refractivity contribution in [1.29, 1.82) is 0 Å². The lowest BCUT2D eigenvalue weighted by atomic mass is 9.80. The molecule has 0 aromatic heterocycles. The van der Waals surface area contributed by atoms with E-state index in [0.29, 0.717) is 12.5 Å². The summed E-state index contributed by atoms with van der Waals surface area (Å²) in [5.74, 6) is 1.39. The van der Waals surface area contributed by atoms with Crippen molar-refractivity contribution >= 4 is 6.09 Å². The Labute approximate surface area is 116 Å². The average molecular weight is 268 g/mol. The second kappa shape index (κ2) is 5.70. The Morgan fingerprint density at radius 3 is 2.37 bits per heavy atom. The third-order valence-electron chi connectivity index (χ3n) is 4.37. The van der Waals surface area contributed by atoms with Gasteiger partial charge in [0, 0.05) is 19.1 Å². The van der Waals surface area contributed by atoms with Crippen molar-refractivity contribution in [1.82, 2.24) is 4.90 Å². The van der Waals surface area contributed by atoms with Gasteiger partial charge in [0.2, 0.25) is 0 Å². The van der Waals surface area contributed by atoms with E-state index in [1.807, 2.05) is 20.8 Å². The van der Waals surface area contributed by atoms with Gasteiger partial charge in [0.25, 0.3) is 0 Å². The number of likely N-dealkylation sites (tertiary alicyclic amines) is 1. The lowest BCUT2D eigenvalue weighted by molar-refractivity contribution is 0.0129. The van der Waals surface area contributed by atoms with Crippen LogP contribution >= 0.6 is 0 Å². The molecule has 1 aliphatic heterocycles. The van der Waals surface area contributed by atoms with Gasteiger partial charge in [-0.3, -0.25) is 0 Å². The van der Waals surface area contributed by atoms with Gasteiger partial charge in [0.05, 0.1) is 0 Å². The van der Waals surface area contributed by atoms with Crippen LogP contribution < -0.4 is 5.73 Å². The van der Waals surface area contributed by atoms with Crippen molar-refractivity contribution in [2.75, 3.05) is 13.1 Å². The van der Waals surface area contributed by atoms with Crippen molar-refractivity contribution in [3.05, 3.63) is 0 Å². The Bertz CT molecular complexity index is 319. The number of nitrogens with two attached hydrogens (primary N) is 1. The highest BCUT2D eigenvalue weighted by Crippen LogP contribution is 2.36. The summed E-state index contributed by atoms with van der Waals surface area (Å²) in [6.07, 6.45) is 6.17. The molecule has 2 fully saturated rings. The summed E-state index contributed by atoms with van der Waals surface area (Å²) in [5, 5.41) is 0. The molecular weight excluding hydrogens is 240 g/mol. The molecule has 110 valence electrons. The number of amides is 1. The second-order valence-electron chi connectivity index (χ2n) is 7.09. The van der Waals surface area contributed by atoms with Gasteiger partial charge in [-0.2, -0.15) is 0 Å². The van der Waals surface area contributed by atoms with E-state index in [0.717, 1.165) is 18.9 Å². The summed E-state index contributed by atoms with van der Waals surface area (Å²) < 4.78 is 5.42. The largest absolute Gasteiger partial charge is 0.444 e. The van der Waals surface area contributed by atoms with Crippen molar-refractivity contribution in [2.45, 2.75) is 64.5 Å². The van der Waals surface area contributed by atoms with Gasteiger partial charge in [-0.15, -0.1) is 0 Å². The van der Waals surface area contributed by atoms with Crippen LogP contribution in [0.5, 0.6) is 0 Å². The fraction of sp³-hybridized carbons (Fsp3) is 0.933. The van der Waals surface area contributed by atoms with Crippen LogP contribution in [0.2, 0.25) is 0 Å². The molecule has 0 aromatic carbocycles. The minimum absolute atomic E-state index is 0.115. The molecule has 2 aliphatic rings. The molecule has 4 heteroatoms. The molecule has 4 nitrogen and oxygen atoms in total. The Hall–Kier alpha value is -0.770. The number of carbonyl (C=O) groups excluding carboxylic acids is 1. The van der Waals surface area contributed by atoms with Crippen LogP contribution in [0.1, 0.15) is 52.9 Å². The first-order valence-corrected chi connectivity index (χ1v) is 7.60. The first-order chi connectivity index (χ1) is 8.87. The smallest absolute Gasteiger partial charge is 0.410 e. The van der Waals surface area contributed by atoms with E-state index in [9.17, 15) is 4.79 Å². The number of carbonyl (C=O) groups is 1. The Kier molecular flexibility index (Phi) is 4.39. The van der Waals surface area contributed by atoms with Crippen LogP contribution in [0.4, 0.5) is 4.79 Å². The summed E-state index contributed by atoms with van der Waals surface area (Å²) in [5.41, 5.74) is 5.87. The molecule has 1 heterocycles. The van der Waals surface area contributed by atoms with E-state index in [4.69, 9.17) is 10.5 Å². The number of rotatable bonds is 1. The average Bonchev–Trinajstić information content (AvgIpc) is 2.79. The summed E-state index contributed by atoms with van der Waals surface area (Å²) in [6, 6.07) is 0.115. The number of hydrogen-bond donors (Lipinski definition) is 1. The van der Waals surface area contributed by atoms with E-state index in [-0.39, 0.29) is 12.1 Å². The van der Waals surface area contributed by atoms with E-state index >= 15 is 0 Å². The molecule has 1 saturated heterocycles. The number of nitrogens with zero attached hydrogens (tertiary/aromatic N) is 1. The normalized spacial score (nSPS) is 29.6. The standard InChI is InChI=1S/C15H28N2O2/c1-15(2,3)19-14(18)17-9-8-12(13(16)10-17)11-6-4-5-7-11/h11-13H,4-10,16H2,1-3H3. The van der Waals surface area contributed by atoms with Crippen LogP contribution in [-0.2, 0) is 4.74 Å². The highest BCUT2D eigenvalue weighted by atomic mass is 16.6. The van der Waals surface area contributed by atoms with Gasteiger partial charge in [-0.1, -0.05) is 25.7 Å². The van der Waals surface area contributed by atoms with Gasteiger partial charge in [0.1, 0.15) is 5.60 Å². The molecule has 1 aliphatic carbocycles. The highest BCUT2D eigenvalue weighted by Gasteiger charge is 2.36. The maximum atomic E-state index is 12.0. The van der Waals surface area contributed by atoms with E-state index in [1.165, 1.54) is 25.7 Å². The van der Waals surface area contributed by atoms with Crippen molar-refractivity contribution in [3.8, 4) is 0 Å². The van der Waals surface area contributed by atoms with Crippen LogP contribution in [-0.4, -0.2) is 35.7 Å². The maximum absolute atomic E-state index is 12.0. The predicted octanol–water partition coefficient (Wildman–Crippen LogP) is 2.76. The predicted molar refractivity (Wildman–Crippen MR) is 75.8 cm³/mol. The fourth-order valence-corrected chi connectivity index (χ4v) is 3.46. The molecule has 0 bridgehead atoms. The summed E-state index contributed by atoms with van der Waals surface area (Å²) >= 11 is 0. The van der Waals surface area contributed by atoms with Gasteiger partial charge >= 0.3 is 6.09 Å². The molecule has 1 amide bonds. The first kappa shape index (κ1) is 14.6. The molecule has 0 radical (unpaired) electrons. The fourth-order valence-electron chi connectivity index (χ4n) is 3.46. The number of hydrogen-bond acceptors (Lipinski definition) is 3. The Morgan fingerprint density at radius 1 is 1.21 bits per heavy atom. The van der Waals surface area contributed by atoms with Crippen LogP contribution in [0.3, 0.4) is 0 Å². The van der Waals surface area contributed by atoms with Gasteiger partial charge in [-0.05, 0) is 39.0 Å². The Balaban J connectivity index is 1.87. The van der Waals surface area contributed by atoms with E-state index in [2.05, 4.69) is 0 Å². The maximum Gasteiger partial charge on any atom is 0.410 e. The number of ether oxygens (including phenoxy) is 1. The van der Waals surface area contributed by atoms with Gasteiger partial charge in [0.15, 0.2) is 0 Å². The van der Waals surface area contributed by atoms with E-state index in [1.54, 1.807) is 4.90 Å². The van der Waals surface area contributed by atoms with E-state index < -0.39 is 5.60 Å². The van der Waals surface area contributed by atoms with Crippen molar-refractivity contribution in [3.63, 3.8) is 0 Å². The molecule has 2 atom stereocenters. The third-order valence-corrected chi connectivity index (χ3v) is 4.37. The quantitative estimate of drug-likeness (QED) is 0.795. The zero-order valence-corrected chi connectivity index (χ0v) is 12.5. The molecule has 2 rings (SSSR count). The molecule has 2 N–H and O–H groups in total. The lowest BCUT2D eigenvalue weighted by Crippen LogP contribution is -2.53. The minimum Gasteiger partial charge on any atom is -0.444 e. The third kappa shape index (κ3) is 3.85.